The molecule has 1 aliphatic rings. The Morgan fingerprint density at radius 1 is 0.727 bits per heavy atom. The number of ether oxygens (including phenoxy) is 1. The van der Waals surface area contributed by atoms with Crippen molar-refractivity contribution in [2.75, 3.05) is 6.61 Å². The lowest BCUT2D eigenvalue weighted by Gasteiger charge is -2.23. The van der Waals surface area contributed by atoms with Crippen LogP contribution in [-0.2, 0) is 4.74 Å². The zero-order valence-electron chi connectivity index (χ0n) is 19.4. The van der Waals surface area contributed by atoms with Crippen LogP contribution < -0.4 is 0 Å². The SMILES string of the molecule is CCCCCCCCOC1=CC(O)=C[SH]1c1ccc(-c2ccccc2)cc1-c1ccccc1. The van der Waals surface area contributed by atoms with E-state index in [9.17, 15) is 5.11 Å². The van der Waals surface area contributed by atoms with Crippen LogP contribution in [0.3, 0.4) is 0 Å². The van der Waals surface area contributed by atoms with E-state index < -0.39 is 10.9 Å². The highest BCUT2D eigenvalue weighted by atomic mass is 32.2. The van der Waals surface area contributed by atoms with Crippen molar-refractivity contribution in [2.45, 2.75) is 50.3 Å². The highest BCUT2D eigenvalue weighted by molar-refractivity contribution is 8.23. The fourth-order valence-electron chi connectivity index (χ4n) is 4.19. The van der Waals surface area contributed by atoms with Crippen LogP contribution in [-0.4, -0.2) is 11.7 Å². The molecule has 1 heterocycles. The second kappa shape index (κ2) is 11.8. The van der Waals surface area contributed by atoms with E-state index in [4.69, 9.17) is 4.74 Å². The summed E-state index contributed by atoms with van der Waals surface area (Å²) < 4.78 is 6.23. The van der Waals surface area contributed by atoms with E-state index in [1.54, 1.807) is 0 Å². The molecule has 0 spiro atoms. The summed E-state index contributed by atoms with van der Waals surface area (Å²) in [5.41, 5.74) is 4.78. The molecule has 1 atom stereocenters. The molecule has 33 heavy (non-hydrogen) atoms. The second-order valence-electron chi connectivity index (χ2n) is 8.49. The number of aliphatic hydroxyl groups is 1. The predicted molar refractivity (Wildman–Crippen MR) is 143 cm³/mol. The highest BCUT2D eigenvalue weighted by Gasteiger charge is 2.22. The molecule has 2 nitrogen and oxygen atoms in total. The molecule has 0 saturated heterocycles. The van der Waals surface area contributed by atoms with Gasteiger partial charge in [-0.3, -0.25) is 0 Å². The van der Waals surface area contributed by atoms with Gasteiger partial charge in [0.15, 0.2) is 0 Å². The summed E-state index contributed by atoms with van der Waals surface area (Å²) in [5.74, 6) is 0.310. The van der Waals surface area contributed by atoms with Crippen LogP contribution in [0.1, 0.15) is 45.4 Å². The third-order valence-corrected chi connectivity index (χ3v) is 8.13. The largest absolute Gasteiger partial charge is 0.507 e. The lowest BCUT2D eigenvalue weighted by molar-refractivity contribution is 0.229. The lowest BCUT2D eigenvalue weighted by Crippen LogP contribution is -1.96. The monoisotopic (exact) mass is 458 g/mol. The molecular weight excluding hydrogens is 424 g/mol. The van der Waals surface area contributed by atoms with E-state index in [2.05, 4.69) is 73.7 Å². The molecule has 0 amide bonds. The second-order valence-corrected chi connectivity index (χ2v) is 10.4. The van der Waals surface area contributed by atoms with Gasteiger partial charge in [0.25, 0.3) is 0 Å². The minimum absolute atomic E-state index is 0.310. The van der Waals surface area contributed by atoms with Crippen LogP contribution in [0.4, 0.5) is 0 Å². The Labute approximate surface area is 201 Å². The molecule has 1 unspecified atom stereocenters. The van der Waals surface area contributed by atoms with Crippen LogP contribution in [0.2, 0.25) is 0 Å². The summed E-state index contributed by atoms with van der Waals surface area (Å²) in [7, 11) is -0.872. The number of rotatable bonds is 11. The maximum Gasteiger partial charge on any atom is 0.144 e. The fourth-order valence-corrected chi connectivity index (χ4v) is 6.23. The summed E-state index contributed by atoms with van der Waals surface area (Å²) in [4.78, 5) is 1.22. The van der Waals surface area contributed by atoms with Crippen molar-refractivity contribution in [1.29, 1.82) is 0 Å². The van der Waals surface area contributed by atoms with E-state index in [-0.39, 0.29) is 0 Å². The Hall–Kier alpha value is -2.91. The first-order valence-electron chi connectivity index (χ1n) is 12.1. The molecule has 1 aliphatic heterocycles. The molecule has 3 aromatic carbocycles. The molecule has 0 saturated carbocycles. The quantitative estimate of drug-likeness (QED) is 0.222. The summed E-state index contributed by atoms with van der Waals surface area (Å²) in [5, 5.41) is 13.2. The van der Waals surface area contributed by atoms with E-state index >= 15 is 0 Å². The first kappa shape index (κ1) is 23.3. The van der Waals surface area contributed by atoms with Gasteiger partial charge in [0.05, 0.1) is 6.61 Å². The standard InChI is InChI=1S/C30H34O2S/c1-2-3-4-5-6-13-20-32-30-22-27(31)23-33(30)29-19-18-26(24-14-9-7-10-15-24)21-28(29)25-16-11-8-12-17-25/h7-12,14-19,21-23,31,33H,2-6,13,20H2,1H3. The summed E-state index contributed by atoms with van der Waals surface area (Å²) >= 11 is 0. The van der Waals surface area contributed by atoms with E-state index in [0.29, 0.717) is 12.4 Å². The fraction of sp³-hybridized carbons (Fsp3) is 0.267. The number of unbranched alkanes of at least 4 members (excludes halogenated alkanes) is 5. The Bertz CT molecular complexity index is 1090. The number of thiol groups is 1. The van der Waals surface area contributed by atoms with Gasteiger partial charge in [-0.1, -0.05) is 106 Å². The van der Waals surface area contributed by atoms with Gasteiger partial charge in [0.1, 0.15) is 10.9 Å². The lowest BCUT2D eigenvalue weighted by atomic mass is 9.99. The van der Waals surface area contributed by atoms with Crippen molar-refractivity contribution in [3.8, 4) is 22.3 Å². The summed E-state index contributed by atoms with van der Waals surface area (Å²) in [6, 6.07) is 27.7. The zero-order valence-corrected chi connectivity index (χ0v) is 20.3. The number of aliphatic hydroxyl groups excluding tert-OH is 1. The van der Waals surface area contributed by atoms with Crippen LogP contribution in [0.25, 0.3) is 22.3 Å². The van der Waals surface area contributed by atoms with E-state index in [1.165, 1.54) is 59.3 Å². The molecule has 1 N–H and O–H groups in total. The Morgan fingerprint density at radius 2 is 1.39 bits per heavy atom. The van der Waals surface area contributed by atoms with Gasteiger partial charge < -0.3 is 9.84 Å². The molecule has 3 heteroatoms. The maximum absolute atomic E-state index is 10.3. The zero-order chi connectivity index (χ0) is 22.9. The Morgan fingerprint density at radius 3 is 2.12 bits per heavy atom. The molecular formula is C30H34O2S. The van der Waals surface area contributed by atoms with Gasteiger partial charge >= 0.3 is 0 Å². The molecule has 172 valence electrons. The van der Waals surface area contributed by atoms with Crippen molar-refractivity contribution in [3.05, 3.63) is 101 Å². The van der Waals surface area contributed by atoms with Crippen LogP contribution >= 0.6 is 10.9 Å². The molecule has 0 radical (unpaired) electrons. The van der Waals surface area contributed by atoms with Gasteiger partial charge in [0.2, 0.25) is 0 Å². The normalized spacial score (nSPS) is 16.3. The first-order valence-corrected chi connectivity index (χ1v) is 13.5. The average Bonchev–Trinajstić information content (AvgIpc) is 3.24. The number of allylic oxidation sites excluding steroid dienone is 1. The number of hydrogen-bond acceptors (Lipinski definition) is 2. The molecule has 3 aromatic rings. The van der Waals surface area contributed by atoms with E-state index in [0.717, 1.165) is 11.5 Å². The van der Waals surface area contributed by atoms with Gasteiger partial charge in [-0.15, -0.1) is 10.9 Å². The van der Waals surface area contributed by atoms with Gasteiger partial charge in [-0.05, 0) is 40.8 Å². The maximum atomic E-state index is 10.3. The summed E-state index contributed by atoms with van der Waals surface area (Å²) in [6.45, 7) is 2.95. The van der Waals surface area contributed by atoms with Gasteiger partial charge in [0, 0.05) is 16.4 Å². The van der Waals surface area contributed by atoms with Crippen molar-refractivity contribution >= 4 is 10.9 Å². The van der Waals surface area contributed by atoms with Crippen molar-refractivity contribution in [3.63, 3.8) is 0 Å². The number of benzene rings is 3. The highest BCUT2D eigenvalue weighted by Crippen LogP contribution is 2.54. The van der Waals surface area contributed by atoms with Gasteiger partial charge in [-0.2, -0.15) is 0 Å². The Balaban J connectivity index is 1.57. The average molecular weight is 459 g/mol. The molecule has 0 bridgehead atoms. The topological polar surface area (TPSA) is 29.5 Å². The van der Waals surface area contributed by atoms with Gasteiger partial charge in [-0.25, -0.2) is 0 Å². The molecule has 0 fully saturated rings. The molecule has 4 rings (SSSR count). The third-order valence-electron chi connectivity index (χ3n) is 5.97. The number of hydrogen-bond donors (Lipinski definition) is 2. The minimum Gasteiger partial charge on any atom is -0.507 e. The first-order chi connectivity index (χ1) is 16.3. The third kappa shape index (κ3) is 6.11. The van der Waals surface area contributed by atoms with Crippen molar-refractivity contribution in [2.24, 2.45) is 0 Å². The van der Waals surface area contributed by atoms with Crippen LogP contribution in [0.5, 0.6) is 0 Å². The molecule has 0 aliphatic carbocycles. The predicted octanol–water partition coefficient (Wildman–Crippen LogP) is 9.01. The van der Waals surface area contributed by atoms with Crippen molar-refractivity contribution < 1.29 is 9.84 Å². The van der Waals surface area contributed by atoms with E-state index in [1.807, 2.05) is 23.6 Å². The van der Waals surface area contributed by atoms with Crippen molar-refractivity contribution in [1.82, 2.24) is 0 Å². The summed E-state index contributed by atoms with van der Waals surface area (Å²) in [6.07, 6.45) is 9.23. The Kier molecular flexibility index (Phi) is 8.32. The van der Waals surface area contributed by atoms with Crippen LogP contribution in [0, 0.1) is 0 Å². The smallest absolute Gasteiger partial charge is 0.144 e. The van der Waals surface area contributed by atoms with Crippen LogP contribution in [0.15, 0.2) is 106 Å². The minimum atomic E-state index is -0.872. The molecule has 0 aromatic heterocycles.